The molecule has 8 nitrogen and oxygen atoms in total. The second-order valence-electron chi connectivity index (χ2n) is 11.0. The van der Waals surface area contributed by atoms with Crippen molar-refractivity contribution in [1.29, 1.82) is 0 Å². The van der Waals surface area contributed by atoms with Crippen molar-refractivity contribution in [3.8, 4) is 0 Å². The molecule has 2 saturated carbocycles. The lowest BCUT2D eigenvalue weighted by Crippen LogP contribution is -2.37. The standard InChI is InChI=1S/C28H31F5N6O2/c1-2-3-23(40)37-24(16-4-5-16)18-11-22-36-21(15-39(22)35-13-18)25(17-6-8-27(29,30)9-7-17)38-26(41)19-10-20(14-34-12-19)28(31,32)33/h10-17,24-25H,2-9H2,1H3,(H,37,40)(H,38,41)/t24-,25+/m1/s1. The number of carbonyl (C=O) groups excluding carboxylic acids is 2. The average molecular weight is 579 g/mol. The summed E-state index contributed by atoms with van der Waals surface area (Å²) in [5.41, 5.74) is 0.213. The molecule has 3 aromatic heterocycles. The van der Waals surface area contributed by atoms with Crippen LogP contribution >= 0.6 is 0 Å². The molecule has 0 spiro atoms. The lowest BCUT2D eigenvalue weighted by molar-refractivity contribution is -0.137. The highest BCUT2D eigenvalue weighted by Crippen LogP contribution is 2.43. The zero-order valence-electron chi connectivity index (χ0n) is 22.4. The Labute approximate surface area is 233 Å². The lowest BCUT2D eigenvalue weighted by atomic mass is 9.81. The summed E-state index contributed by atoms with van der Waals surface area (Å²) in [5, 5.41) is 10.3. The SMILES string of the molecule is CCCC(=O)N[C@@H](c1cnn2cc([C@@H](NC(=O)c3cncc(C(F)(F)F)c3)C3CCC(F)(F)CC3)nc2c1)C1CC1. The first-order chi connectivity index (χ1) is 19.4. The number of hydrogen-bond donors (Lipinski definition) is 2. The summed E-state index contributed by atoms with van der Waals surface area (Å²) in [4.78, 5) is 33.6. The summed E-state index contributed by atoms with van der Waals surface area (Å²) in [6.07, 6.45) is 2.75. The van der Waals surface area contributed by atoms with E-state index in [1.807, 2.05) is 6.92 Å². The minimum atomic E-state index is -4.68. The molecule has 2 aliphatic rings. The Morgan fingerprint density at radius 2 is 1.73 bits per heavy atom. The van der Waals surface area contributed by atoms with Gasteiger partial charge in [-0.05, 0) is 61.6 Å². The van der Waals surface area contributed by atoms with Crippen molar-refractivity contribution in [1.82, 2.24) is 30.2 Å². The fourth-order valence-electron chi connectivity index (χ4n) is 5.38. The van der Waals surface area contributed by atoms with Crippen LogP contribution in [0.1, 0.15) is 97.6 Å². The van der Waals surface area contributed by atoms with Gasteiger partial charge in [0, 0.05) is 31.7 Å². The maximum Gasteiger partial charge on any atom is 0.417 e. The summed E-state index contributed by atoms with van der Waals surface area (Å²) >= 11 is 0. The number of rotatable bonds is 9. The van der Waals surface area contributed by atoms with Gasteiger partial charge >= 0.3 is 6.18 Å². The van der Waals surface area contributed by atoms with Gasteiger partial charge < -0.3 is 10.6 Å². The second kappa shape index (κ2) is 11.3. The van der Waals surface area contributed by atoms with Crippen molar-refractivity contribution < 1.29 is 31.5 Å². The third-order valence-electron chi connectivity index (χ3n) is 7.77. The Bertz CT molecular complexity index is 1410. The average Bonchev–Trinajstić information content (AvgIpc) is 3.68. The molecule has 2 N–H and O–H groups in total. The highest BCUT2D eigenvalue weighted by molar-refractivity contribution is 5.94. The molecule has 2 amide bonds. The quantitative estimate of drug-likeness (QED) is 0.312. The van der Waals surface area contributed by atoms with E-state index in [1.54, 1.807) is 18.5 Å². The van der Waals surface area contributed by atoms with Crippen molar-refractivity contribution >= 4 is 17.5 Å². The molecule has 2 aliphatic carbocycles. The van der Waals surface area contributed by atoms with Crippen LogP contribution in [0.4, 0.5) is 22.0 Å². The molecule has 5 rings (SSSR count). The maximum absolute atomic E-state index is 14.0. The number of alkyl halides is 5. The Morgan fingerprint density at radius 1 is 1.02 bits per heavy atom. The van der Waals surface area contributed by atoms with Crippen molar-refractivity contribution in [2.45, 2.75) is 82.5 Å². The van der Waals surface area contributed by atoms with Gasteiger partial charge in [-0.3, -0.25) is 14.6 Å². The van der Waals surface area contributed by atoms with E-state index < -0.39 is 35.5 Å². The van der Waals surface area contributed by atoms with Gasteiger partial charge in [0.05, 0.1) is 41.3 Å². The Hall–Kier alpha value is -3.64. The van der Waals surface area contributed by atoms with E-state index in [1.165, 1.54) is 4.52 Å². The molecule has 2 fully saturated rings. The van der Waals surface area contributed by atoms with Crippen LogP contribution in [0, 0.1) is 11.8 Å². The Kier molecular flexibility index (Phi) is 7.97. The van der Waals surface area contributed by atoms with Gasteiger partial charge in [-0.1, -0.05) is 6.92 Å². The van der Waals surface area contributed by atoms with Gasteiger partial charge in [-0.15, -0.1) is 0 Å². The zero-order chi connectivity index (χ0) is 29.4. The number of nitrogens with one attached hydrogen (secondary N) is 2. The van der Waals surface area contributed by atoms with E-state index >= 15 is 0 Å². The Balaban J connectivity index is 1.44. The highest BCUT2D eigenvalue weighted by Gasteiger charge is 2.40. The number of aromatic nitrogens is 4. The summed E-state index contributed by atoms with van der Waals surface area (Å²) < 4.78 is 69.0. The first kappa shape index (κ1) is 28.9. The summed E-state index contributed by atoms with van der Waals surface area (Å²) in [6.45, 7) is 1.93. The molecule has 41 heavy (non-hydrogen) atoms. The second-order valence-corrected chi connectivity index (χ2v) is 11.0. The van der Waals surface area contributed by atoms with Gasteiger partial charge in [-0.2, -0.15) is 18.3 Å². The molecular formula is C28H31F5N6O2. The molecule has 3 aromatic rings. The highest BCUT2D eigenvalue weighted by atomic mass is 19.4. The first-order valence-corrected chi connectivity index (χ1v) is 13.8. The molecule has 0 radical (unpaired) electrons. The monoisotopic (exact) mass is 578 g/mol. The molecule has 0 unspecified atom stereocenters. The van der Waals surface area contributed by atoms with Crippen molar-refractivity contribution in [2.24, 2.45) is 11.8 Å². The van der Waals surface area contributed by atoms with E-state index in [0.29, 0.717) is 35.9 Å². The maximum atomic E-state index is 14.0. The molecule has 0 aromatic carbocycles. The molecule has 3 heterocycles. The molecule has 13 heteroatoms. The summed E-state index contributed by atoms with van der Waals surface area (Å²) in [7, 11) is 0. The smallest absolute Gasteiger partial charge is 0.349 e. The number of halogens is 5. The molecule has 220 valence electrons. The first-order valence-electron chi connectivity index (χ1n) is 13.8. The topological polar surface area (TPSA) is 101 Å². The van der Waals surface area contributed by atoms with Crippen LogP contribution in [0.15, 0.2) is 36.9 Å². The van der Waals surface area contributed by atoms with Crippen molar-refractivity contribution in [3.63, 3.8) is 0 Å². The number of hydrogen-bond acceptors (Lipinski definition) is 5. The minimum absolute atomic E-state index is 0.0470. The van der Waals surface area contributed by atoms with E-state index in [2.05, 4.69) is 25.7 Å². The van der Waals surface area contributed by atoms with E-state index in [9.17, 15) is 31.5 Å². The van der Waals surface area contributed by atoms with Crippen LogP contribution in [0.25, 0.3) is 5.65 Å². The van der Waals surface area contributed by atoms with Gasteiger partial charge in [-0.25, -0.2) is 18.3 Å². The predicted octanol–water partition coefficient (Wildman–Crippen LogP) is 5.81. The number of fused-ring (bicyclic) bond motifs is 1. The fourth-order valence-corrected chi connectivity index (χ4v) is 5.38. The normalized spacial score (nSPS) is 19.1. The number of pyridine rings is 1. The third kappa shape index (κ3) is 6.82. The van der Waals surface area contributed by atoms with Crippen LogP contribution in [-0.2, 0) is 11.0 Å². The van der Waals surface area contributed by atoms with Crippen molar-refractivity contribution in [3.05, 3.63) is 59.3 Å². The van der Waals surface area contributed by atoms with Crippen LogP contribution in [0.3, 0.4) is 0 Å². The van der Waals surface area contributed by atoms with Gasteiger partial charge in [0.15, 0.2) is 5.65 Å². The number of carbonyl (C=O) groups is 2. The van der Waals surface area contributed by atoms with Gasteiger partial charge in [0.2, 0.25) is 11.8 Å². The van der Waals surface area contributed by atoms with Crippen LogP contribution in [0.2, 0.25) is 0 Å². The molecule has 0 aliphatic heterocycles. The summed E-state index contributed by atoms with van der Waals surface area (Å²) in [6, 6.07) is 1.45. The molecule has 0 bridgehead atoms. The van der Waals surface area contributed by atoms with E-state index in [4.69, 9.17) is 0 Å². The zero-order valence-corrected chi connectivity index (χ0v) is 22.4. The largest absolute Gasteiger partial charge is 0.417 e. The van der Waals surface area contributed by atoms with Crippen LogP contribution in [0.5, 0.6) is 0 Å². The Morgan fingerprint density at radius 3 is 2.39 bits per heavy atom. The van der Waals surface area contributed by atoms with E-state index in [-0.39, 0.29) is 43.2 Å². The fraction of sp³-hybridized carbons (Fsp3) is 0.536. The van der Waals surface area contributed by atoms with Crippen molar-refractivity contribution in [2.75, 3.05) is 0 Å². The lowest BCUT2D eigenvalue weighted by Gasteiger charge is -2.33. The number of imidazole rings is 1. The molecule has 0 saturated heterocycles. The number of amides is 2. The third-order valence-corrected chi connectivity index (χ3v) is 7.77. The molecular weight excluding hydrogens is 547 g/mol. The molecule has 2 atom stereocenters. The van der Waals surface area contributed by atoms with Gasteiger partial charge in [0.1, 0.15) is 0 Å². The van der Waals surface area contributed by atoms with Crippen LogP contribution < -0.4 is 10.6 Å². The predicted molar refractivity (Wildman–Crippen MR) is 138 cm³/mol. The van der Waals surface area contributed by atoms with Gasteiger partial charge in [0.25, 0.3) is 5.91 Å². The minimum Gasteiger partial charge on any atom is -0.349 e. The van der Waals surface area contributed by atoms with Crippen LogP contribution in [-0.4, -0.2) is 37.3 Å². The summed E-state index contributed by atoms with van der Waals surface area (Å²) in [5.74, 6) is -3.80. The van der Waals surface area contributed by atoms with E-state index in [0.717, 1.165) is 31.0 Å². The number of nitrogens with zero attached hydrogens (tertiary/aromatic N) is 4.